The van der Waals surface area contributed by atoms with E-state index < -0.39 is 0 Å². The third-order valence-electron chi connectivity index (χ3n) is 3.33. The fraction of sp³-hybridized carbons (Fsp3) is 0.833. The zero-order chi connectivity index (χ0) is 11.4. The van der Waals surface area contributed by atoms with Gasteiger partial charge in [-0.15, -0.1) is 10.2 Å². The molecule has 0 spiro atoms. The summed E-state index contributed by atoms with van der Waals surface area (Å²) in [6.07, 6.45) is 6.00. The molecule has 0 aliphatic carbocycles. The Labute approximate surface area is 97.5 Å². The number of piperidine rings is 1. The van der Waals surface area contributed by atoms with Crippen molar-refractivity contribution >= 4 is 0 Å². The molecule has 0 radical (unpaired) electrons. The number of rotatable bonds is 4. The molecule has 90 valence electrons. The van der Waals surface area contributed by atoms with Crippen LogP contribution in [0.15, 0.2) is 0 Å². The lowest BCUT2D eigenvalue weighted by atomic mass is 10.1. The predicted molar refractivity (Wildman–Crippen MR) is 64.5 cm³/mol. The van der Waals surface area contributed by atoms with Crippen molar-refractivity contribution < 1.29 is 0 Å². The fourth-order valence-electron chi connectivity index (χ4n) is 2.45. The lowest BCUT2D eigenvalue weighted by molar-refractivity contribution is 0.357. The number of aryl methyl sites for hydroxylation is 2. The molecule has 1 unspecified atom stereocenters. The van der Waals surface area contributed by atoms with Crippen LogP contribution in [0.2, 0.25) is 0 Å². The van der Waals surface area contributed by atoms with Crippen molar-refractivity contribution in [1.82, 2.24) is 20.1 Å². The number of hydrogen-bond acceptors (Lipinski definition) is 3. The maximum atomic E-state index is 4.31. The smallest absolute Gasteiger partial charge is 0.133 e. The number of aromatic nitrogens is 3. The van der Waals surface area contributed by atoms with Gasteiger partial charge < -0.3 is 9.88 Å². The maximum absolute atomic E-state index is 4.31. The van der Waals surface area contributed by atoms with Crippen LogP contribution in [0, 0.1) is 6.92 Å². The first kappa shape index (κ1) is 11.6. The first-order valence-electron chi connectivity index (χ1n) is 6.44. The highest BCUT2D eigenvalue weighted by Crippen LogP contribution is 2.20. The summed E-state index contributed by atoms with van der Waals surface area (Å²) in [6, 6.07) is 0.565. The normalized spacial score (nSPS) is 21.2. The topological polar surface area (TPSA) is 42.7 Å². The summed E-state index contributed by atoms with van der Waals surface area (Å²) < 4.78 is 2.35. The molecule has 1 N–H and O–H groups in total. The molecule has 1 aliphatic rings. The highest BCUT2D eigenvalue weighted by atomic mass is 15.3. The second kappa shape index (κ2) is 5.43. The molecule has 0 amide bonds. The van der Waals surface area contributed by atoms with Crippen molar-refractivity contribution in [2.24, 2.45) is 0 Å². The van der Waals surface area contributed by atoms with E-state index in [0.29, 0.717) is 6.04 Å². The maximum Gasteiger partial charge on any atom is 0.133 e. The molecular weight excluding hydrogens is 200 g/mol. The van der Waals surface area contributed by atoms with E-state index >= 15 is 0 Å². The Morgan fingerprint density at radius 3 is 3.00 bits per heavy atom. The first-order chi connectivity index (χ1) is 7.83. The average molecular weight is 222 g/mol. The summed E-state index contributed by atoms with van der Waals surface area (Å²) in [7, 11) is 0. The molecular formula is C12H22N4. The van der Waals surface area contributed by atoms with Gasteiger partial charge in [-0.05, 0) is 32.7 Å². The van der Waals surface area contributed by atoms with Gasteiger partial charge in [0.15, 0.2) is 0 Å². The molecule has 0 bridgehead atoms. The van der Waals surface area contributed by atoms with E-state index in [-0.39, 0.29) is 0 Å². The Morgan fingerprint density at radius 2 is 2.31 bits per heavy atom. The average Bonchev–Trinajstić information content (AvgIpc) is 2.69. The lowest BCUT2D eigenvalue weighted by Crippen LogP contribution is -2.32. The number of nitrogens with one attached hydrogen (secondary N) is 1. The van der Waals surface area contributed by atoms with Crippen LogP contribution in [0.1, 0.15) is 50.3 Å². The van der Waals surface area contributed by atoms with Crippen molar-refractivity contribution in [3.8, 4) is 0 Å². The van der Waals surface area contributed by atoms with E-state index in [4.69, 9.17) is 0 Å². The molecule has 4 nitrogen and oxygen atoms in total. The Kier molecular flexibility index (Phi) is 3.93. The van der Waals surface area contributed by atoms with Gasteiger partial charge in [-0.3, -0.25) is 0 Å². The Bertz CT molecular complexity index is 326. The standard InChI is InChI=1S/C12H22N4/c1-3-4-7-12-15-14-10(2)16(12)11-6-5-8-13-9-11/h11,13H,3-9H2,1-2H3. The zero-order valence-corrected chi connectivity index (χ0v) is 10.4. The Morgan fingerprint density at radius 1 is 1.44 bits per heavy atom. The van der Waals surface area contributed by atoms with Crippen LogP contribution in [0.3, 0.4) is 0 Å². The summed E-state index contributed by atoms with van der Waals surface area (Å²) in [5.41, 5.74) is 0. The van der Waals surface area contributed by atoms with Gasteiger partial charge in [-0.2, -0.15) is 0 Å². The van der Waals surface area contributed by atoms with Crippen LogP contribution in [0.25, 0.3) is 0 Å². The van der Waals surface area contributed by atoms with Gasteiger partial charge in [0, 0.05) is 19.0 Å². The van der Waals surface area contributed by atoms with Gasteiger partial charge in [-0.25, -0.2) is 0 Å². The van der Waals surface area contributed by atoms with Crippen LogP contribution in [-0.2, 0) is 6.42 Å². The molecule has 1 fully saturated rings. The second-order valence-electron chi connectivity index (χ2n) is 4.64. The van der Waals surface area contributed by atoms with Crippen molar-refractivity contribution in [1.29, 1.82) is 0 Å². The van der Waals surface area contributed by atoms with Gasteiger partial charge in [0.05, 0.1) is 0 Å². The van der Waals surface area contributed by atoms with Crippen molar-refractivity contribution in [3.05, 3.63) is 11.6 Å². The van der Waals surface area contributed by atoms with Crippen LogP contribution in [-0.4, -0.2) is 27.9 Å². The van der Waals surface area contributed by atoms with Crippen LogP contribution >= 0.6 is 0 Å². The summed E-state index contributed by atoms with van der Waals surface area (Å²) in [4.78, 5) is 0. The summed E-state index contributed by atoms with van der Waals surface area (Å²) >= 11 is 0. The lowest BCUT2D eigenvalue weighted by Gasteiger charge is -2.26. The van der Waals surface area contributed by atoms with E-state index in [1.165, 1.54) is 31.5 Å². The summed E-state index contributed by atoms with van der Waals surface area (Å²) in [6.45, 7) is 6.51. The molecule has 1 aromatic rings. The third kappa shape index (κ3) is 2.43. The minimum Gasteiger partial charge on any atom is -0.315 e. The molecule has 0 aromatic carbocycles. The van der Waals surface area contributed by atoms with Gasteiger partial charge in [0.1, 0.15) is 11.6 Å². The molecule has 2 rings (SSSR count). The first-order valence-corrected chi connectivity index (χ1v) is 6.44. The van der Waals surface area contributed by atoms with Crippen LogP contribution < -0.4 is 5.32 Å². The SMILES string of the molecule is CCCCc1nnc(C)n1C1CCCNC1. The minimum atomic E-state index is 0.565. The van der Waals surface area contributed by atoms with Crippen molar-refractivity contribution in [2.45, 2.75) is 52.0 Å². The van der Waals surface area contributed by atoms with E-state index in [1.807, 2.05) is 0 Å². The Hall–Kier alpha value is -0.900. The quantitative estimate of drug-likeness (QED) is 0.845. The molecule has 1 aromatic heterocycles. The van der Waals surface area contributed by atoms with Crippen LogP contribution in [0.4, 0.5) is 0 Å². The van der Waals surface area contributed by atoms with Crippen molar-refractivity contribution in [2.75, 3.05) is 13.1 Å². The summed E-state index contributed by atoms with van der Waals surface area (Å²) in [5.74, 6) is 2.24. The van der Waals surface area contributed by atoms with E-state index in [0.717, 1.165) is 25.3 Å². The third-order valence-corrected chi connectivity index (χ3v) is 3.33. The van der Waals surface area contributed by atoms with E-state index in [1.54, 1.807) is 0 Å². The van der Waals surface area contributed by atoms with E-state index in [2.05, 4.69) is 33.9 Å². The molecule has 1 atom stereocenters. The Balaban J connectivity index is 2.13. The fourth-order valence-corrected chi connectivity index (χ4v) is 2.45. The monoisotopic (exact) mass is 222 g/mol. The molecule has 4 heteroatoms. The van der Waals surface area contributed by atoms with Crippen LogP contribution in [0.5, 0.6) is 0 Å². The van der Waals surface area contributed by atoms with Gasteiger partial charge in [0.25, 0.3) is 0 Å². The van der Waals surface area contributed by atoms with E-state index in [9.17, 15) is 0 Å². The molecule has 0 saturated carbocycles. The van der Waals surface area contributed by atoms with Gasteiger partial charge in [0.2, 0.25) is 0 Å². The molecule has 16 heavy (non-hydrogen) atoms. The van der Waals surface area contributed by atoms with Gasteiger partial charge in [-0.1, -0.05) is 13.3 Å². The highest BCUT2D eigenvalue weighted by Gasteiger charge is 2.20. The number of unbranched alkanes of at least 4 members (excludes halogenated alkanes) is 1. The van der Waals surface area contributed by atoms with Crippen molar-refractivity contribution in [3.63, 3.8) is 0 Å². The molecule has 1 aliphatic heterocycles. The molecule has 1 saturated heterocycles. The minimum absolute atomic E-state index is 0.565. The summed E-state index contributed by atoms with van der Waals surface area (Å²) in [5, 5.41) is 12.0. The highest BCUT2D eigenvalue weighted by molar-refractivity contribution is 4.98. The number of hydrogen-bond donors (Lipinski definition) is 1. The molecule has 2 heterocycles. The predicted octanol–water partition coefficient (Wildman–Crippen LogP) is 1.85. The largest absolute Gasteiger partial charge is 0.315 e. The second-order valence-corrected chi connectivity index (χ2v) is 4.64. The zero-order valence-electron chi connectivity index (χ0n) is 10.4. The number of nitrogens with zero attached hydrogens (tertiary/aromatic N) is 3. The van der Waals surface area contributed by atoms with Gasteiger partial charge >= 0.3 is 0 Å².